The minimum atomic E-state index is 0. The summed E-state index contributed by atoms with van der Waals surface area (Å²) >= 11 is 8.49. The Hall–Kier alpha value is -0.290. The number of aryl methyl sites for hydroxylation is 1. The molecule has 1 aliphatic rings. The van der Waals surface area contributed by atoms with Gasteiger partial charge in [-0.15, -0.1) is 0 Å². The lowest BCUT2D eigenvalue weighted by Crippen LogP contribution is -3.00. The molecule has 0 radical (unpaired) electrons. The fraction of sp³-hybridized carbons (Fsp3) is 0.190. The molecule has 0 fully saturated rings. The summed E-state index contributed by atoms with van der Waals surface area (Å²) in [6, 6.07) is 13.4. The predicted molar refractivity (Wildman–Crippen MR) is 136 cm³/mol. The van der Waals surface area contributed by atoms with Crippen molar-refractivity contribution in [3.63, 3.8) is 0 Å². The van der Waals surface area contributed by atoms with Gasteiger partial charge in [-0.05, 0) is 95.4 Å². The van der Waals surface area contributed by atoms with E-state index in [9.17, 15) is 0 Å². The molecule has 2 nitrogen and oxygen atoms in total. The number of fused-ring (bicyclic) bond motifs is 2. The lowest BCUT2D eigenvalue weighted by molar-refractivity contribution is -0.665. The van der Waals surface area contributed by atoms with Crippen LogP contribution < -0.4 is 21.9 Å². The monoisotopic (exact) mass is 652 g/mol. The molecule has 0 bridgehead atoms. The van der Waals surface area contributed by atoms with Crippen molar-refractivity contribution in [1.82, 2.24) is 0 Å². The number of hydrogen-bond donors (Lipinski definition) is 0. The van der Waals surface area contributed by atoms with E-state index in [2.05, 4.69) is 123 Å². The van der Waals surface area contributed by atoms with E-state index < -0.39 is 0 Å². The average molecular weight is 653 g/mol. The van der Waals surface area contributed by atoms with Crippen molar-refractivity contribution < 1.29 is 17.0 Å². The Morgan fingerprint density at radius 1 is 1.07 bits per heavy atom. The van der Waals surface area contributed by atoms with E-state index >= 15 is 0 Å². The van der Waals surface area contributed by atoms with Gasteiger partial charge in [0.25, 0.3) is 5.01 Å². The van der Waals surface area contributed by atoms with Gasteiger partial charge in [0.1, 0.15) is 11.2 Å². The summed E-state index contributed by atoms with van der Waals surface area (Å²) in [7, 11) is 0. The molecule has 0 aliphatic carbocycles. The Balaban J connectivity index is 0.00000225. The maximum atomic E-state index is 2.39. The summed E-state index contributed by atoms with van der Waals surface area (Å²) in [5, 5.41) is 2.59. The highest BCUT2D eigenvalue weighted by Gasteiger charge is 2.23. The van der Waals surface area contributed by atoms with Crippen molar-refractivity contribution in [3.8, 4) is 0 Å². The zero-order chi connectivity index (χ0) is 19.0. The summed E-state index contributed by atoms with van der Waals surface area (Å²) in [6.07, 6.45) is 6.69. The Morgan fingerprint density at radius 3 is 2.57 bits per heavy atom. The molecule has 0 atom stereocenters. The number of rotatable bonds is 4. The largest absolute Gasteiger partial charge is 1.00 e. The van der Waals surface area contributed by atoms with Gasteiger partial charge in [-0.1, -0.05) is 29.2 Å². The predicted octanol–water partition coefficient (Wildman–Crippen LogP) is 3.91. The first-order valence-electron chi connectivity index (χ1n) is 8.86. The number of thiazole rings is 1. The van der Waals surface area contributed by atoms with Gasteiger partial charge < -0.3 is 17.3 Å². The quantitative estimate of drug-likeness (QED) is 0.312. The highest BCUT2D eigenvalue weighted by molar-refractivity contribution is 14.1. The molecule has 28 heavy (non-hydrogen) atoms. The van der Waals surface area contributed by atoms with Gasteiger partial charge in [-0.3, -0.25) is 0 Å². The Kier molecular flexibility index (Phi) is 7.74. The summed E-state index contributed by atoms with van der Waals surface area (Å²) in [5.74, 6) is 0. The third-order valence-electron chi connectivity index (χ3n) is 4.50. The van der Waals surface area contributed by atoms with Crippen LogP contribution in [0.1, 0.15) is 18.9 Å². The van der Waals surface area contributed by atoms with Crippen molar-refractivity contribution in [1.29, 1.82) is 0 Å². The van der Waals surface area contributed by atoms with Gasteiger partial charge in [0.15, 0.2) is 0 Å². The molecule has 0 saturated heterocycles. The SMILES string of the molecule is CCN1/C(=C/C=C/c2sc3cc(I)ccc3[n+]2CC)Sc2cc(I)ccc21.[Cl-]. The molecule has 0 saturated carbocycles. The number of nitrogens with zero attached hydrogens (tertiary/aromatic N) is 2. The van der Waals surface area contributed by atoms with Crippen LogP contribution in [0.4, 0.5) is 5.69 Å². The second kappa shape index (κ2) is 9.68. The van der Waals surface area contributed by atoms with Crippen LogP contribution in [-0.4, -0.2) is 6.54 Å². The van der Waals surface area contributed by atoms with E-state index in [0.29, 0.717) is 0 Å². The molecule has 4 rings (SSSR count). The van der Waals surface area contributed by atoms with Gasteiger partial charge in [-0.2, -0.15) is 4.57 Å². The first kappa shape index (κ1) is 22.4. The molecule has 2 heterocycles. The Morgan fingerprint density at radius 2 is 1.82 bits per heavy atom. The molecule has 1 aromatic heterocycles. The molecular formula is C21H19ClI2N2S2. The Labute approximate surface area is 207 Å². The molecule has 2 aromatic carbocycles. The number of benzene rings is 2. The third-order valence-corrected chi connectivity index (χ3v) is 8.06. The van der Waals surface area contributed by atoms with E-state index in [1.54, 1.807) is 0 Å². The van der Waals surface area contributed by atoms with Crippen molar-refractivity contribution >= 4 is 90.3 Å². The molecular weight excluding hydrogens is 634 g/mol. The highest BCUT2D eigenvalue weighted by atomic mass is 127. The zero-order valence-electron chi connectivity index (χ0n) is 15.5. The zero-order valence-corrected chi connectivity index (χ0v) is 22.2. The number of thioether (sulfide) groups is 1. The van der Waals surface area contributed by atoms with Crippen LogP contribution in [0.25, 0.3) is 16.3 Å². The van der Waals surface area contributed by atoms with E-state index in [0.717, 1.165) is 13.1 Å². The van der Waals surface area contributed by atoms with Crippen molar-refractivity contribution in [2.75, 3.05) is 11.4 Å². The Bertz CT molecular complexity index is 1080. The lowest BCUT2D eigenvalue weighted by atomic mass is 10.3. The van der Waals surface area contributed by atoms with Crippen LogP contribution in [-0.2, 0) is 6.54 Å². The second-order valence-corrected chi connectivity index (χ2v) is 10.7. The summed E-state index contributed by atoms with van der Waals surface area (Å²) in [5.41, 5.74) is 2.64. The number of aromatic nitrogens is 1. The van der Waals surface area contributed by atoms with Crippen molar-refractivity contribution in [2.24, 2.45) is 0 Å². The molecule has 1 aliphatic heterocycles. The molecule has 0 N–H and O–H groups in total. The van der Waals surface area contributed by atoms with Gasteiger partial charge in [0.05, 0.1) is 10.7 Å². The standard InChI is InChI=1S/C21H19I2N2S2.ClH/c1-3-24-16-10-8-14(22)12-18(16)26-20(24)6-5-7-21-25(4-2)17-11-9-15(23)13-19(17)27-21;/h5-13H,3-4H2,1-2H3;1H/q+1;/p-1. The smallest absolute Gasteiger partial charge is 0.262 e. The molecule has 146 valence electrons. The lowest BCUT2D eigenvalue weighted by Gasteiger charge is -2.17. The first-order chi connectivity index (χ1) is 13.1. The molecule has 7 heteroatoms. The number of anilines is 1. The topological polar surface area (TPSA) is 7.12 Å². The van der Waals surface area contributed by atoms with Gasteiger partial charge >= 0.3 is 0 Å². The van der Waals surface area contributed by atoms with E-state index in [-0.39, 0.29) is 12.4 Å². The average Bonchev–Trinajstić information content (AvgIpc) is 3.17. The summed E-state index contributed by atoms with van der Waals surface area (Å²) in [6.45, 7) is 6.39. The highest BCUT2D eigenvalue weighted by Crippen LogP contribution is 2.46. The van der Waals surface area contributed by atoms with Crippen LogP contribution in [0, 0.1) is 7.14 Å². The normalized spacial score (nSPS) is 14.9. The maximum Gasteiger partial charge on any atom is 0.262 e. The van der Waals surface area contributed by atoms with Crippen LogP contribution in [0.5, 0.6) is 0 Å². The first-order valence-corrected chi connectivity index (χ1v) is 12.6. The third kappa shape index (κ3) is 4.40. The number of halogens is 3. The number of hydrogen-bond acceptors (Lipinski definition) is 3. The molecule has 3 aromatic rings. The van der Waals surface area contributed by atoms with Crippen LogP contribution >= 0.6 is 68.3 Å². The second-order valence-electron chi connectivity index (χ2n) is 6.12. The maximum absolute atomic E-state index is 2.39. The van der Waals surface area contributed by atoms with Gasteiger partial charge in [-0.25, -0.2) is 0 Å². The fourth-order valence-corrected chi connectivity index (χ4v) is 7.03. The van der Waals surface area contributed by atoms with E-state index in [4.69, 9.17) is 0 Å². The van der Waals surface area contributed by atoms with E-state index in [1.807, 2.05) is 23.1 Å². The molecule has 0 spiro atoms. The van der Waals surface area contributed by atoms with Crippen molar-refractivity contribution in [3.05, 3.63) is 65.7 Å². The van der Waals surface area contributed by atoms with Crippen LogP contribution in [0.3, 0.4) is 0 Å². The minimum Gasteiger partial charge on any atom is -1.00 e. The van der Waals surface area contributed by atoms with Crippen LogP contribution in [0.15, 0.2) is 58.5 Å². The van der Waals surface area contributed by atoms with Crippen molar-refractivity contribution in [2.45, 2.75) is 25.3 Å². The van der Waals surface area contributed by atoms with E-state index in [1.165, 1.54) is 38.0 Å². The number of allylic oxidation sites excluding steroid dienone is 2. The fourth-order valence-electron chi connectivity index (χ4n) is 3.27. The van der Waals surface area contributed by atoms with Gasteiger partial charge in [0.2, 0.25) is 5.52 Å². The van der Waals surface area contributed by atoms with Gasteiger partial charge in [0, 0.05) is 30.7 Å². The molecule has 0 amide bonds. The summed E-state index contributed by atoms with van der Waals surface area (Å²) in [4.78, 5) is 3.74. The minimum absolute atomic E-state index is 0. The molecule has 0 unspecified atom stereocenters. The van der Waals surface area contributed by atoms with Crippen LogP contribution in [0.2, 0.25) is 0 Å². The summed E-state index contributed by atoms with van der Waals surface area (Å²) < 4.78 is 6.32.